The Morgan fingerprint density at radius 1 is 1.50 bits per heavy atom. The molecular formula is C11H13FO3S. The van der Waals surface area contributed by atoms with Crippen LogP contribution in [0.2, 0.25) is 0 Å². The molecule has 3 nitrogen and oxygen atoms in total. The number of aryl methyl sites for hydroxylation is 1. The van der Waals surface area contributed by atoms with E-state index in [9.17, 15) is 19.4 Å². The lowest BCUT2D eigenvalue weighted by atomic mass is 9.94. The van der Waals surface area contributed by atoms with E-state index in [-0.39, 0.29) is 16.9 Å². The molecule has 0 bridgehead atoms. The summed E-state index contributed by atoms with van der Waals surface area (Å²) in [5.41, 5.74) is 0.460. The van der Waals surface area contributed by atoms with Crippen molar-refractivity contribution in [1.82, 2.24) is 0 Å². The molecule has 1 aromatic carbocycles. The van der Waals surface area contributed by atoms with Gasteiger partial charge >= 0.3 is 0 Å². The number of aliphatic hydroxyl groups excluding tert-OH is 2. The van der Waals surface area contributed by atoms with Crippen LogP contribution in [-0.4, -0.2) is 28.4 Å². The van der Waals surface area contributed by atoms with Crippen LogP contribution in [0.5, 0.6) is 0 Å². The first-order valence-electron chi connectivity index (χ1n) is 4.74. The summed E-state index contributed by atoms with van der Waals surface area (Å²) in [5.74, 6) is -0.684. The summed E-state index contributed by atoms with van der Waals surface area (Å²) in [4.78, 5) is 10.8. The zero-order chi connectivity index (χ0) is 12.3. The van der Waals surface area contributed by atoms with Gasteiger partial charge in [-0.2, -0.15) is 12.6 Å². The third kappa shape index (κ3) is 2.42. The van der Waals surface area contributed by atoms with E-state index in [0.717, 1.165) is 6.07 Å². The normalized spacial score (nSPS) is 14.6. The van der Waals surface area contributed by atoms with Crippen molar-refractivity contribution in [3.63, 3.8) is 0 Å². The Bertz CT molecular complexity index is 395. The van der Waals surface area contributed by atoms with E-state index < -0.39 is 18.0 Å². The first kappa shape index (κ1) is 13.2. The van der Waals surface area contributed by atoms with Gasteiger partial charge in [0.15, 0.2) is 6.29 Å². The van der Waals surface area contributed by atoms with Gasteiger partial charge in [-0.25, -0.2) is 4.39 Å². The summed E-state index contributed by atoms with van der Waals surface area (Å²) in [5, 5.41) is 19.2. The number of aldehydes is 1. The van der Waals surface area contributed by atoms with Crippen LogP contribution in [0.1, 0.15) is 27.6 Å². The van der Waals surface area contributed by atoms with Gasteiger partial charge in [0.05, 0.1) is 11.7 Å². The van der Waals surface area contributed by atoms with Crippen LogP contribution >= 0.6 is 12.6 Å². The van der Waals surface area contributed by atoms with Gasteiger partial charge in [-0.3, -0.25) is 4.79 Å². The third-order valence-corrected chi connectivity index (χ3v) is 2.79. The Labute approximate surface area is 98.3 Å². The minimum atomic E-state index is -1.31. The number of hydrogen-bond acceptors (Lipinski definition) is 4. The molecule has 0 heterocycles. The van der Waals surface area contributed by atoms with Crippen LogP contribution in [-0.2, 0) is 0 Å². The summed E-state index contributed by atoms with van der Waals surface area (Å²) >= 11 is 3.84. The second kappa shape index (κ2) is 5.43. The zero-order valence-corrected chi connectivity index (χ0v) is 9.62. The van der Waals surface area contributed by atoms with Crippen molar-refractivity contribution >= 4 is 18.9 Å². The number of hydrogen-bond donors (Lipinski definition) is 3. The second-order valence-corrected chi connectivity index (χ2v) is 3.87. The maximum atomic E-state index is 13.3. The van der Waals surface area contributed by atoms with Gasteiger partial charge in [-0.1, -0.05) is 6.07 Å². The van der Waals surface area contributed by atoms with Gasteiger partial charge in [0, 0.05) is 5.75 Å². The standard InChI is InChI=1S/C11H13FO3S/c1-6-2-3-8(12)7(4-13)10(6)11(15)9(14)5-16/h2-4,9,11,14-16H,5H2,1H3. The van der Waals surface area contributed by atoms with Crippen LogP contribution in [0.4, 0.5) is 4.39 Å². The fourth-order valence-electron chi connectivity index (χ4n) is 1.52. The van der Waals surface area contributed by atoms with Gasteiger partial charge in [0.2, 0.25) is 0 Å². The molecule has 0 aliphatic rings. The minimum Gasteiger partial charge on any atom is -0.389 e. The highest BCUT2D eigenvalue weighted by Gasteiger charge is 2.23. The molecule has 0 saturated carbocycles. The minimum absolute atomic E-state index is 0.0232. The molecule has 0 aliphatic carbocycles. The molecule has 2 unspecified atom stereocenters. The van der Waals surface area contributed by atoms with E-state index >= 15 is 0 Å². The molecular weight excluding hydrogens is 231 g/mol. The van der Waals surface area contributed by atoms with Gasteiger partial charge in [0.1, 0.15) is 11.9 Å². The second-order valence-electron chi connectivity index (χ2n) is 3.50. The fraction of sp³-hybridized carbons (Fsp3) is 0.364. The molecule has 0 saturated heterocycles. The van der Waals surface area contributed by atoms with Crippen LogP contribution < -0.4 is 0 Å². The number of rotatable bonds is 4. The molecule has 0 amide bonds. The predicted molar refractivity (Wildman–Crippen MR) is 61.3 cm³/mol. The molecule has 1 aromatic rings. The Hall–Kier alpha value is -0.910. The van der Waals surface area contributed by atoms with Crippen molar-refractivity contribution < 1.29 is 19.4 Å². The summed E-state index contributed by atoms with van der Waals surface area (Å²) < 4.78 is 13.3. The molecule has 1 rings (SSSR count). The van der Waals surface area contributed by atoms with Crippen molar-refractivity contribution in [2.45, 2.75) is 19.1 Å². The maximum Gasteiger partial charge on any atom is 0.153 e. The van der Waals surface area contributed by atoms with Gasteiger partial charge in [-0.15, -0.1) is 0 Å². The number of thiol groups is 1. The van der Waals surface area contributed by atoms with Gasteiger partial charge in [0.25, 0.3) is 0 Å². The highest BCUT2D eigenvalue weighted by molar-refractivity contribution is 7.80. The van der Waals surface area contributed by atoms with Gasteiger partial charge in [-0.05, 0) is 24.1 Å². The number of aliphatic hydroxyl groups is 2. The van der Waals surface area contributed by atoms with Crippen molar-refractivity contribution in [3.05, 3.63) is 34.6 Å². The Morgan fingerprint density at radius 2 is 2.12 bits per heavy atom. The molecule has 2 atom stereocenters. The predicted octanol–water partition coefficient (Wildman–Crippen LogP) is 1.27. The van der Waals surface area contributed by atoms with Crippen molar-refractivity contribution in [2.24, 2.45) is 0 Å². The maximum absolute atomic E-state index is 13.3. The molecule has 0 spiro atoms. The molecule has 16 heavy (non-hydrogen) atoms. The summed E-state index contributed by atoms with van der Waals surface area (Å²) in [6, 6.07) is 2.61. The average molecular weight is 244 g/mol. The molecule has 2 N–H and O–H groups in total. The first-order valence-corrected chi connectivity index (χ1v) is 5.37. The summed E-state index contributed by atoms with van der Waals surface area (Å²) in [7, 11) is 0. The fourth-order valence-corrected chi connectivity index (χ4v) is 1.72. The topological polar surface area (TPSA) is 57.5 Å². The lowest BCUT2D eigenvalue weighted by Gasteiger charge is -2.20. The van der Waals surface area contributed by atoms with Crippen LogP contribution in [0, 0.1) is 12.7 Å². The SMILES string of the molecule is Cc1ccc(F)c(C=O)c1C(O)C(O)CS. The quantitative estimate of drug-likeness (QED) is 0.552. The first-order chi connectivity index (χ1) is 7.52. The number of benzene rings is 1. The monoisotopic (exact) mass is 244 g/mol. The van der Waals surface area contributed by atoms with E-state index in [4.69, 9.17) is 0 Å². The Morgan fingerprint density at radius 3 is 2.62 bits per heavy atom. The third-order valence-electron chi connectivity index (χ3n) is 2.42. The van der Waals surface area contributed by atoms with Crippen LogP contribution in [0.3, 0.4) is 0 Å². The van der Waals surface area contributed by atoms with Crippen molar-refractivity contribution in [2.75, 3.05) is 5.75 Å². The van der Waals surface area contributed by atoms with Crippen LogP contribution in [0.15, 0.2) is 12.1 Å². The summed E-state index contributed by atoms with van der Waals surface area (Å²) in [6.45, 7) is 1.64. The molecule has 0 aliphatic heterocycles. The lowest BCUT2D eigenvalue weighted by molar-refractivity contribution is 0.0327. The van der Waals surface area contributed by atoms with E-state index in [0.29, 0.717) is 11.8 Å². The van der Waals surface area contributed by atoms with E-state index in [1.807, 2.05) is 0 Å². The largest absolute Gasteiger partial charge is 0.389 e. The van der Waals surface area contributed by atoms with Crippen LogP contribution in [0.25, 0.3) is 0 Å². The van der Waals surface area contributed by atoms with E-state index in [2.05, 4.69) is 12.6 Å². The molecule has 0 aromatic heterocycles. The zero-order valence-electron chi connectivity index (χ0n) is 8.72. The van der Waals surface area contributed by atoms with Gasteiger partial charge < -0.3 is 10.2 Å². The highest BCUT2D eigenvalue weighted by atomic mass is 32.1. The van der Waals surface area contributed by atoms with Crippen molar-refractivity contribution in [3.8, 4) is 0 Å². The molecule has 0 fully saturated rings. The van der Waals surface area contributed by atoms with E-state index in [1.54, 1.807) is 6.92 Å². The molecule has 5 heteroatoms. The number of carbonyl (C=O) groups is 1. The number of halogens is 1. The highest BCUT2D eigenvalue weighted by Crippen LogP contribution is 2.26. The Kier molecular flexibility index (Phi) is 4.46. The Balaban J connectivity index is 3.30. The lowest BCUT2D eigenvalue weighted by Crippen LogP contribution is -2.22. The molecule has 88 valence electrons. The number of carbonyl (C=O) groups excluding carboxylic acids is 1. The smallest absolute Gasteiger partial charge is 0.153 e. The molecule has 0 radical (unpaired) electrons. The van der Waals surface area contributed by atoms with Crippen molar-refractivity contribution in [1.29, 1.82) is 0 Å². The average Bonchev–Trinajstić information content (AvgIpc) is 2.29. The summed E-state index contributed by atoms with van der Waals surface area (Å²) in [6.07, 6.45) is -2.11. The van der Waals surface area contributed by atoms with E-state index in [1.165, 1.54) is 6.07 Å².